The van der Waals surface area contributed by atoms with Gasteiger partial charge in [0.1, 0.15) is 0 Å². The average molecular weight is 233 g/mol. The molecular formula is C7H5BrO4. The monoisotopic (exact) mass is 232 g/mol. The molecule has 1 aromatic rings. The zero-order valence-electron chi connectivity index (χ0n) is 6.13. The molecule has 0 saturated carbocycles. The zero-order valence-corrected chi connectivity index (χ0v) is 7.71. The molecule has 64 valence electrons. The zero-order chi connectivity index (χ0) is 9.30. The van der Waals surface area contributed by atoms with Crippen LogP contribution in [0.15, 0.2) is 15.2 Å². The molecule has 0 aliphatic carbocycles. The highest BCUT2D eigenvalue weighted by Crippen LogP contribution is 2.19. The molecule has 0 aliphatic rings. The van der Waals surface area contributed by atoms with Gasteiger partial charge < -0.3 is 9.52 Å². The Labute approximate surface area is 76.3 Å². The summed E-state index contributed by atoms with van der Waals surface area (Å²) in [4.78, 5) is 21.1. The largest absolute Gasteiger partial charge is 0.475 e. The van der Waals surface area contributed by atoms with Gasteiger partial charge in [-0.25, -0.2) is 4.79 Å². The van der Waals surface area contributed by atoms with E-state index in [0.717, 1.165) is 0 Å². The van der Waals surface area contributed by atoms with Crippen LogP contribution in [0.3, 0.4) is 0 Å². The van der Waals surface area contributed by atoms with Crippen LogP contribution in [-0.4, -0.2) is 16.9 Å². The summed E-state index contributed by atoms with van der Waals surface area (Å²) in [5, 5.41) is 8.34. The smallest absolute Gasteiger partial charge is 0.380 e. The van der Waals surface area contributed by atoms with Gasteiger partial charge >= 0.3 is 11.8 Å². The van der Waals surface area contributed by atoms with Crippen molar-refractivity contribution in [2.24, 2.45) is 0 Å². The number of hydrogen-bond donors (Lipinski definition) is 1. The summed E-state index contributed by atoms with van der Waals surface area (Å²) >= 11 is 2.99. The molecule has 0 unspecified atom stereocenters. The van der Waals surface area contributed by atoms with Gasteiger partial charge in [-0.2, -0.15) is 0 Å². The van der Waals surface area contributed by atoms with Crippen molar-refractivity contribution < 1.29 is 19.1 Å². The highest BCUT2D eigenvalue weighted by atomic mass is 79.9. The van der Waals surface area contributed by atoms with Crippen molar-refractivity contribution in [1.82, 2.24) is 0 Å². The summed E-state index contributed by atoms with van der Waals surface area (Å²) in [6, 6.07) is 1.54. The molecule has 1 N–H and O–H groups in total. The Hall–Kier alpha value is -1.10. The lowest BCUT2D eigenvalue weighted by molar-refractivity contribution is -0.131. The van der Waals surface area contributed by atoms with E-state index in [1.165, 1.54) is 6.07 Å². The Balaban J connectivity index is 3.11. The van der Waals surface area contributed by atoms with E-state index in [4.69, 9.17) is 9.52 Å². The van der Waals surface area contributed by atoms with Gasteiger partial charge in [0.15, 0.2) is 10.4 Å². The minimum Gasteiger partial charge on any atom is -0.475 e. The number of aryl methyl sites for hydroxylation is 1. The minimum atomic E-state index is -1.51. The van der Waals surface area contributed by atoms with Gasteiger partial charge in [-0.1, -0.05) is 0 Å². The van der Waals surface area contributed by atoms with Gasteiger partial charge in [-0.05, 0) is 28.9 Å². The van der Waals surface area contributed by atoms with Crippen LogP contribution in [0.5, 0.6) is 0 Å². The maximum absolute atomic E-state index is 10.9. The molecule has 4 nitrogen and oxygen atoms in total. The number of ketones is 1. The molecule has 0 fully saturated rings. The summed E-state index contributed by atoms with van der Waals surface area (Å²) < 4.78 is 5.18. The van der Waals surface area contributed by atoms with Crippen LogP contribution in [0.1, 0.15) is 16.1 Å². The van der Waals surface area contributed by atoms with Gasteiger partial charge in [0.2, 0.25) is 0 Å². The van der Waals surface area contributed by atoms with E-state index in [0.29, 0.717) is 10.2 Å². The summed E-state index contributed by atoms with van der Waals surface area (Å²) in [5.74, 6) is -2.67. The molecule has 0 atom stereocenters. The van der Waals surface area contributed by atoms with Crippen LogP contribution >= 0.6 is 15.9 Å². The van der Waals surface area contributed by atoms with Gasteiger partial charge in [-0.15, -0.1) is 0 Å². The van der Waals surface area contributed by atoms with E-state index in [1.54, 1.807) is 6.92 Å². The molecule has 0 bridgehead atoms. The molecule has 0 radical (unpaired) electrons. The predicted molar refractivity (Wildman–Crippen MR) is 43.1 cm³/mol. The third-order valence-corrected chi connectivity index (χ3v) is 1.68. The van der Waals surface area contributed by atoms with Crippen LogP contribution in [0, 0.1) is 6.92 Å². The van der Waals surface area contributed by atoms with Crippen molar-refractivity contribution in [2.45, 2.75) is 6.92 Å². The fourth-order valence-corrected chi connectivity index (χ4v) is 1.27. The first kappa shape index (κ1) is 8.99. The molecule has 0 amide bonds. The van der Waals surface area contributed by atoms with E-state index in [9.17, 15) is 9.59 Å². The van der Waals surface area contributed by atoms with E-state index in [1.807, 2.05) is 0 Å². The number of carboxylic acid groups (broad SMARTS) is 1. The van der Waals surface area contributed by atoms with Crippen molar-refractivity contribution in [3.8, 4) is 0 Å². The first-order chi connectivity index (χ1) is 5.52. The third kappa shape index (κ3) is 1.55. The molecule has 5 heteroatoms. The number of Topliss-reactive ketones (excluding diaryl/α,β-unsaturated/α-hetero) is 1. The first-order valence-corrected chi connectivity index (χ1v) is 3.85. The van der Waals surface area contributed by atoms with E-state index < -0.39 is 11.8 Å². The van der Waals surface area contributed by atoms with Gasteiger partial charge in [0.05, 0.1) is 0 Å². The standard InChI is InChI=1S/C7H5BrO4/c1-3-2-4(8)12-6(3)5(9)7(10)11/h2H,1H3,(H,10,11). The third-order valence-electron chi connectivity index (χ3n) is 1.29. The Morgan fingerprint density at radius 1 is 1.58 bits per heavy atom. The molecule has 0 aromatic carbocycles. The second-order valence-corrected chi connectivity index (χ2v) is 2.98. The number of carbonyl (C=O) groups is 2. The van der Waals surface area contributed by atoms with Crippen molar-refractivity contribution in [2.75, 3.05) is 0 Å². The topological polar surface area (TPSA) is 67.5 Å². The normalized spacial score (nSPS) is 9.83. The maximum Gasteiger partial charge on any atom is 0.380 e. The number of aliphatic carboxylic acids is 1. The Bertz CT molecular complexity index is 339. The Morgan fingerprint density at radius 3 is 2.50 bits per heavy atom. The second kappa shape index (κ2) is 3.10. The number of carboxylic acids is 1. The highest BCUT2D eigenvalue weighted by Gasteiger charge is 2.21. The molecule has 1 rings (SSSR count). The van der Waals surface area contributed by atoms with Crippen molar-refractivity contribution in [1.29, 1.82) is 0 Å². The second-order valence-electron chi connectivity index (χ2n) is 2.20. The van der Waals surface area contributed by atoms with E-state index >= 15 is 0 Å². The number of carbonyl (C=O) groups excluding carboxylic acids is 1. The average Bonchev–Trinajstić information content (AvgIpc) is 2.28. The van der Waals surface area contributed by atoms with Gasteiger partial charge in [0, 0.05) is 5.56 Å². The Kier molecular flexibility index (Phi) is 2.32. The molecule has 1 aromatic heterocycles. The molecular weight excluding hydrogens is 228 g/mol. The fourth-order valence-electron chi connectivity index (χ4n) is 0.766. The molecule has 12 heavy (non-hydrogen) atoms. The number of hydrogen-bond acceptors (Lipinski definition) is 3. The van der Waals surface area contributed by atoms with E-state index in [-0.39, 0.29) is 5.76 Å². The molecule has 0 spiro atoms. The lowest BCUT2D eigenvalue weighted by Crippen LogP contribution is -2.12. The Morgan fingerprint density at radius 2 is 2.17 bits per heavy atom. The van der Waals surface area contributed by atoms with Crippen LogP contribution < -0.4 is 0 Å². The van der Waals surface area contributed by atoms with E-state index in [2.05, 4.69) is 15.9 Å². The van der Waals surface area contributed by atoms with Crippen LogP contribution in [0.25, 0.3) is 0 Å². The van der Waals surface area contributed by atoms with Crippen molar-refractivity contribution >= 4 is 27.7 Å². The number of halogens is 1. The number of furan rings is 1. The number of rotatable bonds is 2. The predicted octanol–water partition coefficient (Wildman–Crippen LogP) is 1.62. The lowest BCUT2D eigenvalue weighted by atomic mass is 10.2. The SMILES string of the molecule is Cc1cc(Br)oc1C(=O)C(=O)O. The van der Waals surface area contributed by atoms with Crippen molar-refractivity contribution in [3.05, 3.63) is 22.1 Å². The summed E-state index contributed by atoms with van der Waals surface area (Å²) in [6.07, 6.45) is 0. The summed E-state index contributed by atoms with van der Waals surface area (Å²) in [7, 11) is 0. The maximum atomic E-state index is 10.9. The fraction of sp³-hybridized carbons (Fsp3) is 0.143. The summed E-state index contributed by atoms with van der Waals surface area (Å²) in [6.45, 7) is 1.60. The van der Waals surface area contributed by atoms with Crippen LogP contribution in [-0.2, 0) is 4.79 Å². The van der Waals surface area contributed by atoms with Gasteiger partial charge in [0.25, 0.3) is 0 Å². The first-order valence-electron chi connectivity index (χ1n) is 3.06. The molecule has 0 saturated heterocycles. The quantitative estimate of drug-likeness (QED) is 0.622. The van der Waals surface area contributed by atoms with Crippen LogP contribution in [0.2, 0.25) is 0 Å². The highest BCUT2D eigenvalue weighted by molar-refractivity contribution is 9.10. The lowest BCUT2D eigenvalue weighted by Gasteiger charge is -1.89. The summed E-state index contributed by atoms with van der Waals surface area (Å²) in [5.41, 5.74) is 0.509. The molecule has 0 aliphatic heterocycles. The molecule has 1 heterocycles. The van der Waals surface area contributed by atoms with Gasteiger partial charge in [-0.3, -0.25) is 4.79 Å². The minimum absolute atomic E-state index is 0.130. The van der Waals surface area contributed by atoms with Crippen LogP contribution in [0.4, 0.5) is 0 Å². The van der Waals surface area contributed by atoms with Crippen molar-refractivity contribution in [3.63, 3.8) is 0 Å².